The van der Waals surface area contributed by atoms with Crippen molar-refractivity contribution in [1.29, 1.82) is 0 Å². The van der Waals surface area contributed by atoms with Crippen LogP contribution in [0.1, 0.15) is 46.0 Å². The van der Waals surface area contributed by atoms with E-state index in [-0.39, 0.29) is 0 Å². The third kappa shape index (κ3) is 4.20. The number of hydrogen-bond donors (Lipinski definition) is 1. The van der Waals surface area contributed by atoms with Crippen molar-refractivity contribution in [1.82, 2.24) is 10.2 Å². The van der Waals surface area contributed by atoms with Gasteiger partial charge >= 0.3 is 0 Å². The van der Waals surface area contributed by atoms with E-state index in [1.807, 2.05) is 4.90 Å². The number of likely N-dealkylation sites (N-methyl/N-ethyl adjacent to an activating group) is 1. The number of nitrogens with zero attached hydrogens (tertiary/aromatic N) is 1. The normalized spacial score (nSPS) is 21.3. The third-order valence-electron chi connectivity index (χ3n) is 3.05. The zero-order chi connectivity index (χ0) is 11.1. The van der Waals surface area contributed by atoms with Gasteiger partial charge in [0.25, 0.3) is 0 Å². The quantitative estimate of drug-likeness (QED) is 0.753. The SMILES string of the molecule is CCCC(=O)N(CC)CC1CCCCN1. The Hall–Kier alpha value is -0.570. The van der Waals surface area contributed by atoms with Gasteiger partial charge in [-0.25, -0.2) is 0 Å². The smallest absolute Gasteiger partial charge is 0.222 e. The highest BCUT2D eigenvalue weighted by atomic mass is 16.2. The Bertz CT molecular complexity index is 188. The summed E-state index contributed by atoms with van der Waals surface area (Å²) in [6, 6.07) is 0.527. The molecule has 0 aromatic heterocycles. The summed E-state index contributed by atoms with van der Waals surface area (Å²) in [6.07, 6.45) is 5.45. The molecule has 1 rings (SSSR count). The summed E-state index contributed by atoms with van der Waals surface area (Å²) in [6.45, 7) is 6.98. The summed E-state index contributed by atoms with van der Waals surface area (Å²) in [5, 5.41) is 3.49. The fourth-order valence-electron chi connectivity index (χ4n) is 2.13. The summed E-state index contributed by atoms with van der Waals surface area (Å²) in [5.74, 6) is 0.312. The van der Waals surface area contributed by atoms with Crippen LogP contribution in [0.4, 0.5) is 0 Å². The molecule has 15 heavy (non-hydrogen) atoms. The van der Waals surface area contributed by atoms with E-state index in [4.69, 9.17) is 0 Å². The second-order valence-electron chi connectivity index (χ2n) is 4.33. The fraction of sp³-hybridized carbons (Fsp3) is 0.917. The Labute approximate surface area is 93.2 Å². The summed E-state index contributed by atoms with van der Waals surface area (Å²) < 4.78 is 0. The van der Waals surface area contributed by atoms with Gasteiger partial charge in [0.05, 0.1) is 0 Å². The lowest BCUT2D eigenvalue weighted by Gasteiger charge is -2.30. The molecule has 1 saturated heterocycles. The minimum absolute atomic E-state index is 0.312. The van der Waals surface area contributed by atoms with Gasteiger partial charge in [0, 0.05) is 25.6 Å². The topological polar surface area (TPSA) is 32.3 Å². The van der Waals surface area contributed by atoms with Crippen molar-refractivity contribution in [3.8, 4) is 0 Å². The van der Waals surface area contributed by atoms with Crippen LogP contribution < -0.4 is 5.32 Å². The van der Waals surface area contributed by atoms with Gasteiger partial charge < -0.3 is 10.2 Å². The minimum Gasteiger partial charge on any atom is -0.341 e. The lowest BCUT2D eigenvalue weighted by Crippen LogP contribution is -2.45. The molecule has 0 aromatic rings. The number of carbonyl (C=O) groups is 1. The number of piperidine rings is 1. The summed E-state index contributed by atoms with van der Waals surface area (Å²) in [7, 11) is 0. The number of hydrogen-bond acceptors (Lipinski definition) is 2. The van der Waals surface area contributed by atoms with E-state index in [9.17, 15) is 4.79 Å². The van der Waals surface area contributed by atoms with Crippen molar-refractivity contribution >= 4 is 5.91 Å². The van der Waals surface area contributed by atoms with Crippen LogP contribution in [0.2, 0.25) is 0 Å². The third-order valence-corrected chi connectivity index (χ3v) is 3.05. The van der Waals surface area contributed by atoms with Gasteiger partial charge in [-0.3, -0.25) is 4.79 Å². The van der Waals surface area contributed by atoms with E-state index in [2.05, 4.69) is 19.2 Å². The van der Waals surface area contributed by atoms with Crippen LogP contribution in [0.25, 0.3) is 0 Å². The predicted molar refractivity (Wildman–Crippen MR) is 62.8 cm³/mol. The van der Waals surface area contributed by atoms with Gasteiger partial charge in [-0.2, -0.15) is 0 Å². The van der Waals surface area contributed by atoms with Crippen LogP contribution >= 0.6 is 0 Å². The van der Waals surface area contributed by atoms with Crippen molar-refractivity contribution in [2.45, 2.75) is 52.0 Å². The Kier molecular flexibility index (Phi) is 5.69. The summed E-state index contributed by atoms with van der Waals surface area (Å²) in [5.41, 5.74) is 0. The van der Waals surface area contributed by atoms with E-state index >= 15 is 0 Å². The first-order chi connectivity index (χ1) is 7.27. The van der Waals surface area contributed by atoms with E-state index in [0.29, 0.717) is 18.4 Å². The molecule has 1 unspecified atom stereocenters. The molecule has 1 heterocycles. The van der Waals surface area contributed by atoms with E-state index in [0.717, 1.165) is 26.1 Å². The van der Waals surface area contributed by atoms with Gasteiger partial charge in [0.1, 0.15) is 0 Å². The predicted octanol–water partition coefficient (Wildman–Crippen LogP) is 1.78. The minimum atomic E-state index is 0.312. The lowest BCUT2D eigenvalue weighted by molar-refractivity contribution is -0.131. The van der Waals surface area contributed by atoms with E-state index in [1.165, 1.54) is 19.3 Å². The molecule has 1 N–H and O–H groups in total. The summed E-state index contributed by atoms with van der Waals surface area (Å²) >= 11 is 0. The maximum Gasteiger partial charge on any atom is 0.222 e. The van der Waals surface area contributed by atoms with E-state index < -0.39 is 0 Å². The molecular formula is C12H24N2O. The highest BCUT2D eigenvalue weighted by Crippen LogP contribution is 2.09. The van der Waals surface area contributed by atoms with Gasteiger partial charge in [-0.15, -0.1) is 0 Å². The molecule has 1 atom stereocenters. The molecule has 1 amide bonds. The van der Waals surface area contributed by atoms with E-state index in [1.54, 1.807) is 0 Å². The molecule has 0 spiro atoms. The first-order valence-electron chi connectivity index (χ1n) is 6.29. The molecule has 0 saturated carbocycles. The number of carbonyl (C=O) groups excluding carboxylic acids is 1. The van der Waals surface area contributed by atoms with Gasteiger partial charge in [0.15, 0.2) is 0 Å². The highest BCUT2D eigenvalue weighted by molar-refractivity contribution is 5.76. The summed E-state index contributed by atoms with van der Waals surface area (Å²) in [4.78, 5) is 13.7. The number of rotatable bonds is 5. The molecule has 3 heteroatoms. The lowest BCUT2D eigenvalue weighted by atomic mass is 10.0. The van der Waals surface area contributed by atoms with Crippen LogP contribution in [0, 0.1) is 0 Å². The molecule has 88 valence electrons. The maximum absolute atomic E-state index is 11.7. The zero-order valence-corrected chi connectivity index (χ0v) is 10.1. The second-order valence-corrected chi connectivity index (χ2v) is 4.33. The van der Waals surface area contributed by atoms with Gasteiger partial charge in [0.2, 0.25) is 5.91 Å². The fourth-order valence-corrected chi connectivity index (χ4v) is 2.13. The molecule has 1 fully saturated rings. The molecule has 1 aliphatic rings. The Balaban J connectivity index is 2.34. The second kappa shape index (κ2) is 6.83. The average Bonchev–Trinajstić information content (AvgIpc) is 2.27. The monoisotopic (exact) mass is 212 g/mol. The van der Waals surface area contributed by atoms with Crippen molar-refractivity contribution in [3.05, 3.63) is 0 Å². The molecule has 0 aromatic carbocycles. The van der Waals surface area contributed by atoms with Crippen LogP contribution in [-0.4, -0.2) is 36.5 Å². The van der Waals surface area contributed by atoms with Crippen molar-refractivity contribution in [2.24, 2.45) is 0 Å². The maximum atomic E-state index is 11.7. The first kappa shape index (κ1) is 12.5. The Morgan fingerprint density at radius 3 is 2.73 bits per heavy atom. The van der Waals surface area contributed by atoms with Crippen molar-refractivity contribution < 1.29 is 4.79 Å². The van der Waals surface area contributed by atoms with Crippen molar-refractivity contribution in [2.75, 3.05) is 19.6 Å². The van der Waals surface area contributed by atoms with Crippen LogP contribution in [0.15, 0.2) is 0 Å². The molecular weight excluding hydrogens is 188 g/mol. The standard InChI is InChI=1S/C12H24N2O/c1-3-7-12(15)14(4-2)10-11-8-5-6-9-13-11/h11,13H,3-10H2,1-2H3. The van der Waals surface area contributed by atoms with Crippen LogP contribution in [0.5, 0.6) is 0 Å². The van der Waals surface area contributed by atoms with Gasteiger partial charge in [-0.05, 0) is 32.7 Å². The number of nitrogens with one attached hydrogen (secondary N) is 1. The molecule has 0 aliphatic carbocycles. The van der Waals surface area contributed by atoms with Crippen molar-refractivity contribution in [3.63, 3.8) is 0 Å². The van der Waals surface area contributed by atoms with Gasteiger partial charge in [-0.1, -0.05) is 13.3 Å². The molecule has 3 nitrogen and oxygen atoms in total. The molecule has 0 bridgehead atoms. The Morgan fingerprint density at radius 2 is 2.20 bits per heavy atom. The molecule has 1 aliphatic heterocycles. The largest absolute Gasteiger partial charge is 0.341 e. The van der Waals surface area contributed by atoms with Crippen LogP contribution in [0.3, 0.4) is 0 Å². The Morgan fingerprint density at radius 1 is 1.40 bits per heavy atom. The first-order valence-corrected chi connectivity index (χ1v) is 6.29. The average molecular weight is 212 g/mol. The molecule has 0 radical (unpaired) electrons. The van der Waals surface area contributed by atoms with Crippen LogP contribution in [-0.2, 0) is 4.79 Å². The zero-order valence-electron chi connectivity index (χ0n) is 10.1. The highest BCUT2D eigenvalue weighted by Gasteiger charge is 2.18. The number of amides is 1.